The number of rotatable bonds is 17. The van der Waals surface area contributed by atoms with Gasteiger partial charge in [-0.05, 0) is 106 Å². The van der Waals surface area contributed by atoms with Crippen molar-refractivity contribution in [2.45, 2.75) is 129 Å². The molecular formula is C28H50O4. The maximum Gasteiger partial charge on any atom is 0.305 e. The lowest BCUT2D eigenvalue weighted by Crippen LogP contribution is -2.57. The molecule has 2 atom stereocenters. The maximum absolute atomic E-state index is 12.1. The van der Waals surface area contributed by atoms with Gasteiger partial charge in [-0.25, -0.2) is 0 Å². The standard InChI is InChI=1S/C28H50O4/c1-2-3-4-5-6-7-11-25(31)32-17-10-14-28-20-24-18-26(22-28,12-8-15-29)21-27(19-24,23-28)13-9-16-30/h24,29-30H,2-23H2,1H3. The molecule has 4 aliphatic rings. The highest BCUT2D eigenvalue weighted by Crippen LogP contribution is 2.73. The Hall–Kier alpha value is -0.610. The SMILES string of the molecule is CCCCCCCCC(=O)OCCCC12CC3CC(CCCO)(CC(CCCO)(C3)C1)C2. The molecule has 0 spiro atoms. The summed E-state index contributed by atoms with van der Waals surface area (Å²) in [5.41, 5.74) is 1.22. The van der Waals surface area contributed by atoms with Crippen LogP contribution in [0, 0.1) is 22.2 Å². The third-order valence-corrected chi connectivity index (χ3v) is 8.99. The van der Waals surface area contributed by atoms with Crippen molar-refractivity contribution < 1.29 is 19.7 Å². The zero-order valence-electron chi connectivity index (χ0n) is 20.8. The Labute approximate surface area is 196 Å². The maximum atomic E-state index is 12.1. The second kappa shape index (κ2) is 12.2. The van der Waals surface area contributed by atoms with E-state index in [-0.39, 0.29) is 5.97 Å². The van der Waals surface area contributed by atoms with Crippen LogP contribution in [-0.2, 0) is 9.53 Å². The number of hydrogen-bond donors (Lipinski definition) is 2. The lowest BCUT2D eigenvalue weighted by molar-refractivity contribution is -0.171. The molecule has 0 radical (unpaired) electrons. The number of unbranched alkanes of at least 4 members (excludes halogenated alkanes) is 5. The number of ether oxygens (including phenoxy) is 1. The van der Waals surface area contributed by atoms with Crippen LogP contribution in [0.4, 0.5) is 0 Å². The topological polar surface area (TPSA) is 66.8 Å². The third kappa shape index (κ3) is 6.95. The highest BCUT2D eigenvalue weighted by Gasteiger charge is 2.61. The van der Waals surface area contributed by atoms with Crippen molar-refractivity contribution in [1.29, 1.82) is 0 Å². The summed E-state index contributed by atoms with van der Waals surface area (Å²) in [7, 11) is 0. The van der Waals surface area contributed by atoms with E-state index in [4.69, 9.17) is 4.74 Å². The number of carbonyl (C=O) groups is 1. The number of carbonyl (C=O) groups excluding carboxylic acids is 1. The first-order chi connectivity index (χ1) is 15.5. The van der Waals surface area contributed by atoms with Crippen molar-refractivity contribution in [3.8, 4) is 0 Å². The Kier molecular flexibility index (Phi) is 9.91. The highest BCUT2D eigenvalue weighted by atomic mass is 16.5. The van der Waals surface area contributed by atoms with Gasteiger partial charge in [0.15, 0.2) is 0 Å². The molecule has 2 unspecified atom stereocenters. The molecule has 4 heteroatoms. The Bertz CT molecular complexity index is 550. The zero-order chi connectivity index (χ0) is 22.9. The number of esters is 1. The Morgan fingerprint density at radius 2 is 1.25 bits per heavy atom. The van der Waals surface area contributed by atoms with E-state index in [9.17, 15) is 15.0 Å². The van der Waals surface area contributed by atoms with Crippen LogP contribution in [0.2, 0.25) is 0 Å². The summed E-state index contributed by atoms with van der Waals surface area (Å²) in [6, 6.07) is 0. The fourth-order valence-corrected chi connectivity index (χ4v) is 8.56. The van der Waals surface area contributed by atoms with Gasteiger partial charge in [0.25, 0.3) is 0 Å². The highest BCUT2D eigenvalue weighted by molar-refractivity contribution is 5.69. The Balaban J connectivity index is 1.46. The molecule has 0 aromatic rings. The summed E-state index contributed by atoms with van der Waals surface area (Å²) < 4.78 is 5.61. The molecule has 0 aromatic carbocycles. The van der Waals surface area contributed by atoms with Crippen LogP contribution in [0.5, 0.6) is 0 Å². The van der Waals surface area contributed by atoms with E-state index in [1.54, 1.807) is 0 Å². The van der Waals surface area contributed by atoms with Gasteiger partial charge in [-0.1, -0.05) is 39.0 Å². The van der Waals surface area contributed by atoms with E-state index in [0.29, 0.717) is 42.5 Å². The van der Waals surface area contributed by atoms with E-state index in [2.05, 4.69) is 6.92 Å². The predicted molar refractivity (Wildman–Crippen MR) is 129 cm³/mol. The van der Waals surface area contributed by atoms with Gasteiger partial charge in [0, 0.05) is 19.6 Å². The molecule has 2 N–H and O–H groups in total. The van der Waals surface area contributed by atoms with Gasteiger partial charge in [0.05, 0.1) is 6.61 Å². The summed E-state index contributed by atoms with van der Waals surface area (Å²) >= 11 is 0. The normalized spacial score (nSPS) is 33.0. The molecule has 4 rings (SSSR count). The van der Waals surface area contributed by atoms with Crippen LogP contribution in [-0.4, -0.2) is 36.0 Å². The molecule has 0 saturated heterocycles. The van der Waals surface area contributed by atoms with Crippen LogP contribution in [0.15, 0.2) is 0 Å². The number of hydrogen-bond acceptors (Lipinski definition) is 4. The molecule has 186 valence electrons. The van der Waals surface area contributed by atoms with E-state index in [1.807, 2.05) is 0 Å². The molecule has 0 aliphatic heterocycles. The third-order valence-electron chi connectivity index (χ3n) is 8.99. The lowest BCUT2D eigenvalue weighted by atomic mass is 9.37. The van der Waals surface area contributed by atoms with Crippen LogP contribution >= 0.6 is 0 Å². The monoisotopic (exact) mass is 450 g/mol. The van der Waals surface area contributed by atoms with Crippen molar-refractivity contribution >= 4 is 5.97 Å². The minimum atomic E-state index is -0.00941. The zero-order valence-corrected chi connectivity index (χ0v) is 20.8. The second-order valence-electron chi connectivity index (χ2n) is 12.0. The number of aliphatic hydroxyl groups excluding tert-OH is 2. The largest absolute Gasteiger partial charge is 0.466 e. The van der Waals surface area contributed by atoms with E-state index >= 15 is 0 Å². The van der Waals surface area contributed by atoms with Crippen molar-refractivity contribution in [1.82, 2.24) is 0 Å². The molecule has 4 aliphatic carbocycles. The molecule has 0 heterocycles. The molecule has 4 nitrogen and oxygen atoms in total. The van der Waals surface area contributed by atoms with Crippen molar-refractivity contribution in [2.24, 2.45) is 22.2 Å². The molecule has 0 aromatic heterocycles. The first-order valence-electron chi connectivity index (χ1n) is 13.9. The molecule has 4 fully saturated rings. The van der Waals surface area contributed by atoms with Gasteiger partial charge >= 0.3 is 5.97 Å². The van der Waals surface area contributed by atoms with E-state index < -0.39 is 0 Å². The predicted octanol–water partition coefficient (Wildman–Crippen LogP) is 6.56. The van der Waals surface area contributed by atoms with Gasteiger partial charge in [-0.3, -0.25) is 4.79 Å². The van der Waals surface area contributed by atoms with E-state index in [0.717, 1.165) is 50.9 Å². The molecule has 0 amide bonds. The van der Waals surface area contributed by atoms with Gasteiger partial charge in [0.1, 0.15) is 0 Å². The summed E-state index contributed by atoms with van der Waals surface area (Å²) in [5.74, 6) is 0.809. The molecule has 4 saturated carbocycles. The first kappa shape index (κ1) is 26.0. The summed E-state index contributed by atoms with van der Waals surface area (Å²) in [5, 5.41) is 19.0. The Morgan fingerprint density at radius 3 is 1.78 bits per heavy atom. The minimum absolute atomic E-state index is 0.00941. The minimum Gasteiger partial charge on any atom is -0.466 e. The fourth-order valence-electron chi connectivity index (χ4n) is 8.56. The first-order valence-corrected chi connectivity index (χ1v) is 13.9. The van der Waals surface area contributed by atoms with Crippen molar-refractivity contribution in [2.75, 3.05) is 19.8 Å². The lowest BCUT2D eigenvalue weighted by Gasteiger charge is -2.67. The van der Waals surface area contributed by atoms with Crippen LogP contribution in [0.3, 0.4) is 0 Å². The van der Waals surface area contributed by atoms with Crippen LogP contribution in [0.1, 0.15) is 129 Å². The van der Waals surface area contributed by atoms with Gasteiger partial charge in [-0.2, -0.15) is 0 Å². The van der Waals surface area contributed by atoms with Crippen LogP contribution in [0.25, 0.3) is 0 Å². The van der Waals surface area contributed by atoms with Gasteiger partial charge < -0.3 is 14.9 Å². The van der Waals surface area contributed by atoms with Gasteiger partial charge in [0.2, 0.25) is 0 Å². The molecule has 32 heavy (non-hydrogen) atoms. The smallest absolute Gasteiger partial charge is 0.305 e. The summed E-state index contributed by atoms with van der Waals surface area (Å²) in [6.07, 6.45) is 22.1. The quantitative estimate of drug-likeness (QED) is 0.194. The van der Waals surface area contributed by atoms with E-state index in [1.165, 1.54) is 70.6 Å². The summed E-state index contributed by atoms with van der Waals surface area (Å²) in [6.45, 7) is 3.41. The van der Waals surface area contributed by atoms with Crippen molar-refractivity contribution in [3.63, 3.8) is 0 Å². The molecule has 4 bridgehead atoms. The van der Waals surface area contributed by atoms with Crippen molar-refractivity contribution in [3.05, 3.63) is 0 Å². The fraction of sp³-hybridized carbons (Fsp3) is 0.964. The average molecular weight is 451 g/mol. The van der Waals surface area contributed by atoms with Gasteiger partial charge in [-0.15, -0.1) is 0 Å². The second-order valence-corrected chi connectivity index (χ2v) is 12.0. The average Bonchev–Trinajstić information content (AvgIpc) is 2.75. The summed E-state index contributed by atoms with van der Waals surface area (Å²) in [4.78, 5) is 12.1. The van der Waals surface area contributed by atoms with Crippen LogP contribution < -0.4 is 0 Å². The Morgan fingerprint density at radius 1 is 0.750 bits per heavy atom. The number of aliphatic hydroxyl groups is 2. The molecular weight excluding hydrogens is 400 g/mol.